The molecule has 1 aromatic heterocycles. The van der Waals surface area contributed by atoms with Crippen LogP contribution in [0.25, 0.3) is 10.1 Å². The standard InChI is InChI=1S/C21H21F2NO3S/c1-2-7-21(22,23)15-4-3-13(18(24)9-15)11-27-16-5-6-17-14(8-20(25)26)12-28-19(17)10-16/h3-6,9-10,12H,2,7-8,11,24H2,1H3,(H,25,26). The van der Waals surface area contributed by atoms with E-state index < -0.39 is 11.9 Å². The topological polar surface area (TPSA) is 72.5 Å². The number of ether oxygens (including phenoxy) is 1. The lowest BCUT2D eigenvalue weighted by molar-refractivity contribution is -0.136. The van der Waals surface area contributed by atoms with E-state index in [0.29, 0.717) is 17.7 Å². The second-order valence-electron chi connectivity index (χ2n) is 6.65. The van der Waals surface area contributed by atoms with Crippen LogP contribution >= 0.6 is 11.3 Å². The van der Waals surface area contributed by atoms with Gasteiger partial charge in [-0.2, -0.15) is 0 Å². The third kappa shape index (κ3) is 4.42. The molecule has 148 valence electrons. The van der Waals surface area contributed by atoms with Crippen LogP contribution in [0.5, 0.6) is 5.75 Å². The van der Waals surface area contributed by atoms with E-state index in [0.717, 1.165) is 15.6 Å². The van der Waals surface area contributed by atoms with Gasteiger partial charge in [-0.3, -0.25) is 4.79 Å². The third-order valence-electron chi connectivity index (χ3n) is 4.50. The number of anilines is 1. The van der Waals surface area contributed by atoms with Crippen molar-refractivity contribution in [2.24, 2.45) is 0 Å². The summed E-state index contributed by atoms with van der Waals surface area (Å²) in [6.07, 6.45) is 0.149. The van der Waals surface area contributed by atoms with Crippen molar-refractivity contribution in [3.8, 4) is 5.75 Å². The van der Waals surface area contributed by atoms with Gasteiger partial charge in [0, 0.05) is 27.9 Å². The molecule has 0 saturated carbocycles. The number of carboxylic acid groups (broad SMARTS) is 1. The Hall–Kier alpha value is -2.67. The predicted octanol–water partition coefficient (Wildman–Crippen LogP) is 5.58. The fraction of sp³-hybridized carbons (Fsp3) is 0.286. The maximum atomic E-state index is 14.0. The Morgan fingerprint density at radius 3 is 2.68 bits per heavy atom. The second-order valence-corrected chi connectivity index (χ2v) is 7.56. The number of benzene rings is 2. The lowest BCUT2D eigenvalue weighted by Gasteiger charge is -2.17. The highest BCUT2D eigenvalue weighted by Gasteiger charge is 2.30. The molecule has 3 rings (SSSR count). The molecule has 0 bridgehead atoms. The van der Waals surface area contributed by atoms with E-state index in [9.17, 15) is 13.6 Å². The average molecular weight is 405 g/mol. The molecule has 0 unspecified atom stereocenters. The smallest absolute Gasteiger partial charge is 0.307 e. The van der Waals surface area contributed by atoms with Crippen molar-refractivity contribution in [3.63, 3.8) is 0 Å². The fourth-order valence-electron chi connectivity index (χ4n) is 3.03. The molecule has 0 spiro atoms. The average Bonchev–Trinajstić information content (AvgIpc) is 3.02. The van der Waals surface area contributed by atoms with Crippen molar-refractivity contribution in [1.82, 2.24) is 0 Å². The van der Waals surface area contributed by atoms with Gasteiger partial charge < -0.3 is 15.6 Å². The number of hydrogen-bond donors (Lipinski definition) is 2. The van der Waals surface area contributed by atoms with E-state index in [2.05, 4.69) is 0 Å². The van der Waals surface area contributed by atoms with Gasteiger partial charge in [0.1, 0.15) is 12.4 Å². The van der Waals surface area contributed by atoms with Crippen LogP contribution in [-0.2, 0) is 23.7 Å². The first kappa shape index (κ1) is 20.1. The van der Waals surface area contributed by atoms with E-state index in [1.807, 2.05) is 17.5 Å². The highest BCUT2D eigenvalue weighted by atomic mass is 32.1. The zero-order chi connectivity index (χ0) is 20.3. The maximum Gasteiger partial charge on any atom is 0.307 e. The normalized spacial score (nSPS) is 11.7. The highest BCUT2D eigenvalue weighted by Crippen LogP contribution is 2.35. The number of hydrogen-bond acceptors (Lipinski definition) is 4. The number of thiophene rings is 1. The van der Waals surface area contributed by atoms with Gasteiger partial charge in [0.15, 0.2) is 0 Å². The SMILES string of the molecule is CCCC(F)(F)c1ccc(COc2ccc3c(CC(=O)O)csc3c2)c(N)c1. The maximum absolute atomic E-state index is 14.0. The summed E-state index contributed by atoms with van der Waals surface area (Å²) in [7, 11) is 0. The van der Waals surface area contributed by atoms with Gasteiger partial charge in [-0.25, -0.2) is 8.78 Å². The highest BCUT2D eigenvalue weighted by molar-refractivity contribution is 7.17. The van der Waals surface area contributed by atoms with Crippen LogP contribution in [0.1, 0.15) is 36.5 Å². The second kappa shape index (κ2) is 8.14. The van der Waals surface area contributed by atoms with Crippen molar-refractivity contribution in [2.45, 2.75) is 38.7 Å². The molecule has 0 fully saturated rings. The number of carbonyl (C=O) groups is 1. The third-order valence-corrected chi connectivity index (χ3v) is 5.49. The number of aliphatic carboxylic acids is 1. The summed E-state index contributed by atoms with van der Waals surface area (Å²) in [6.45, 7) is 1.87. The number of alkyl halides is 2. The summed E-state index contributed by atoms with van der Waals surface area (Å²) in [6, 6.07) is 9.71. The molecule has 1 heterocycles. The summed E-state index contributed by atoms with van der Waals surface area (Å²) in [5.41, 5.74) is 7.55. The molecular weight excluding hydrogens is 384 g/mol. The van der Waals surface area contributed by atoms with E-state index in [4.69, 9.17) is 15.6 Å². The minimum Gasteiger partial charge on any atom is -0.489 e. The Bertz CT molecular complexity index is 1000. The Labute approximate surface area is 165 Å². The molecular formula is C21H21F2NO3S. The molecule has 0 saturated heterocycles. The summed E-state index contributed by atoms with van der Waals surface area (Å²) >= 11 is 1.45. The van der Waals surface area contributed by atoms with E-state index in [1.165, 1.54) is 23.5 Å². The van der Waals surface area contributed by atoms with Gasteiger partial charge in [0.05, 0.1) is 6.42 Å². The number of rotatable bonds is 8. The number of carboxylic acids is 1. The molecule has 28 heavy (non-hydrogen) atoms. The van der Waals surface area contributed by atoms with E-state index in [1.54, 1.807) is 19.1 Å². The van der Waals surface area contributed by atoms with Gasteiger partial charge in [-0.15, -0.1) is 11.3 Å². The first-order chi connectivity index (χ1) is 13.3. The minimum atomic E-state index is -2.89. The number of halogens is 2. The first-order valence-corrected chi connectivity index (χ1v) is 9.79. The van der Waals surface area contributed by atoms with Crippen LogP contribution in [0.4, 0.5) is 14.5 Å². The first-order valence-electron chi connectivity index (χ1n) is 8.91. The van der Waals surface area contributed by atoms with Crippen molar-refractivity contribution in [2.75, 3.05) is 5.73 Å². The molecule has 2 aromatic carbocycles. The van der Waals surface area contributed by atoms with Gasteiger partial charge in [-0.1, -0.05) is 25.5 Å². The molecule has 0 aliphatic rings. The largest absolute Gasteiger partial charge is 0.489 e. The monoisotopic (exact) mass is 405 g/mol. The zero-order valence-corrected chi connectivity index (χ0v) is 16.2. The van der Waals surface area contributed by atoms with Gasteiger partial charge in [-0.05, 0) is 40.6 Å². The quantitative estimate of drug-likeness (QED) is 0.480. The van der Waals surface area contributed by atoms with Crippen molar-refractivity contribution in [3.05, 3.63) is 58.5 Å². The zero-order valence-electron chi connectivity index (χ0n) is 15.4. The Morgan fingerprint density at radius 1 is 1.21 bits per heavy atom. The molecule has 0 atom stereocenters. The van der Waals surface area contributed by atoms with Crippen LogP contribution in [-0.4, -0.2) is 11.1 Å². The summed E-state index contributed by atoms with van der Waals surface area (Å²) < 4.78 is 34.7. The van der Waals surface area contributed by atoms with Crippen LogP contribution in [0, 0.1) is 0 Å². The number of nitrogen functional groups attached to an aromatic ring is 1. The Kier molecular flexibility index (Phi) is 5.84. The molecule has 3 N–H and O–H groups in total. The lowest BCUT2D eigenvalue weighted by Crippen LogP contribution is -2.14. The van der Waals surface area contributed by atoms with Gasteiger partial charge >= 0.3 is 5.97 Å². The molecule has 0 amide bonds. The molecule has 7 heteroatoms. The van der Waals surface area contributed by atoms with Crippen LogP contribution in [0.2, 0.25) is 0 Å². The minimum absolute atomic E-state index is 0.0221. The Morgan fingerprint density at radius 2 is 2.00 bits per heavy atom. The number of nitrogens with two attached hydrogens (primary N) is 1. The van der Waals surface area contributed by atoms with Crippen molar-refractivity contribution >= 4 is 33.1 Å². The molecule has 3 aromatic rings. The lowest BCUT2D eigenvalue weighted by atomic mass is 10.0. The summed E-state index contributed by atoms with van der Waals surface area (Å²) in [5, 5.41) is 11.7. The van der Waals surface area contributed by atoms with E-state index in [-0.39, 0.29) is 30.7 Å². The summed E-state index contributed by atoms with van der Waals surface area (Å²) in [5.74, 6) is -3.15. The predicted molar refractivity (Wildman–Crippen MR) is 107 cm³/mol. The van der Waals surface area contributed by atoms with Crippen LogP contribution in [0.3, 0.4) is 0 Å². The Balaban J connectivity index is 1.72. The van der Waals surface area contributed by atoms with Crippen LogP contribution < -0.4 is 10.5 Å². The van der Waals surface area contributed by atoms with Crippen LogP contribution in [0.15, 0.2) is 41.8 Å². The molecule has 0 aliphatic carbocycles. The van der Waals surface area contributed by atoms with Gasteiger partial charge in [0.2, 0.25) is 0 Å². The molecule has 0 aliphatic heterocycles. The van der Waals surface area contributed by atoms with Crippen molar-refractivity contribution in [1.29, 1.82) is 0 Å². The molecule has 0 radical (unpaired) electrons. The fourth-order valence-corrected chi connectivity index (χ4v) is 4.02. The molecule has 4 nitrogen and oxygen atoms in total. The van der Waals surface area contributed by atoms with Crippen molar-refractivity contribution < 1.29 is 23.4 Å². The summed E-state index contributed by atoms with van der Waals surface area (Å²) in [4.78, 5) is 10.9. The van der Waals surface area contributed by atoms with E-state index >= 15 is 0 Å². The number of fused-ring (bicyclic) bond motifs is 1. The van der Waals surface area contributed by atoms with Gasteiger partial charge in [0.25, 0.3) is 5.92 Å².